The standard InChI is InChI=1S/C25H22/c1-2-10-21-17-19-24(20-18-21)25-16-9-8-15-23(25)14-7-6-13-22-11-4-3-5-12-22/h3-5,7-9,11-12,14-20H,2,10H2,1H3. The van der Waals surface area contributed by atoms with Crippen molar-refractivity contribution in [2.45, 2.75) is 19.8 Å². The number of allylic oxidation sites excluding steroid dienone is 1. The Morgan fingerprint density at radius 3 is 2.28 bits per heavy atom. The van der Waals surface area contributed by atoms with E-state index in [2.05, 4.69) is 73.4 Å². The van der Waals surface area contributed by atoms with Gasteiger partial charge in [-0.05, 0) is 53.0 Å². The van der Waals surface area contributed by atoms with Gasteiger partial charge in [0.2, 0.25) is 0 Å². The number of benzene rings is 3. The molecule has 3 aromatic carbocycles. The first-order valence-corrected chi connectivity index (χ1v) is 8.78. The summed E-state index contributed by atoms with van der Waals surface area (Å²) in [5.74, 6) is 6.28. The molecule has 0 N–H and O–H groups in total. The summed E-state index contributed by atoms with van der Waals surface area (Å²) in [7, 11) is 0. The molecule has 0 spiro atoms. The Kier molecular flexibility index (Phi) is 5.86. The zero-order valence-corrected chi connectivity index (χ0v) is 14.6. The van der Waals surface area contributed by atoms with E-state index in [0.717, 1.165) is 12.0 Å². The van der Waals surface area contributed by atoms with E-state index >= 15 is 0 Å². The van der Waals surface area contributed by atoms with E-state index < -0.39 is 0 Å². The number of rotatable bonds is 4. The highest BCUT2D eigenvalue weighted by molar-refractivity contribution is 5.76. The lowest BCUT2D eigenvalue weighted by atomic mass is 9.97. The Morgan fingerprint density at radius 1 is 0.800 bits per heavy atom. The summed E-state index contributed by atoms with van der Waals surface area (Å²) in [4.78, 5) is 0. The minimum Gasteiger partial charge on any atom is -0.0696 e. The maximum absolute atomic E-state index is 3.16. The van der Waals surface area contributed by atoms with Crippen molar-refractivity contribution in [3.8, 4) is 23.0 Å². The quantitative estimate of drug-likeness (QED) is 0.489. The van der Waals surface area contributed by atoms with Crippen LogP contribution < -0.4 is 0 Å². The minimum atomic E-state index is 1.03. The SMILES string of the molecule is CCCc1ccc(-c2ccccc2C=CC#Cc2ccccc2)cc1. The van der Waals surface area contributed by atoms with Gasteiger partial charge in [0.05, 0.1) is 0 Å². The number of hydrogen-bond acceptors (Lipinski definition) is 0. The predicted octanol–water partition coefficient (Wildman–Crippen LogP) is 6.37. The Bertz CT molecular complexity index is 888. The van der Waals surface area contributed by atoms with E-state index in [1.807, 2.05) is 36.4 Å². The van der Waals surface area contributed by atoms with E-state index in [1.54, 1.807) is 0 Å². The zero-order valence-electron chi connectivity index (χ0n) is 14.6. The van der Waals surface area contributed by atoms with Gasteiger partial charge in [-0.15, -0.1) is 0 Å². The third kappa shape index (κ3) is 4.72. The fourth-order valence-corrected chi connectivity index (χ4v) is 2.82. The Labute approximate surface area is 150 Å². The lowest BCUT2D eigenvalue weighted by molar-refractivity contribution is 0.922. The summed E-state index contributed by atoms with van der Waals surface area (Å²) < 4.78 is 0. The third-order valence-electron chi connectivity index (χ3n) is 4.10. The van der Waals surface area contributed by atoms with Crippen LogP contribution in [0.4, 0.5) is 0 Å². The first-order chi connectivity index (χ1) is 12.4. The fourth-order valence-electron chi connectivity index (χ4n) is 2.82. The Hall–Kier alpha value is -3.04. The molecule has 0 bridgehead atoms. The third-order valence-corrected chi connectivity index (χ3v) is 4.10. The summed E-state index contributed by atoms with van der Waals surface area (Å²) in [6.45, 7) is 2.21. The molecule has 0 saturated carbocycles. The topological polar surface area (TPSA) is 0 Å². The number of aryl methyl sites for hydroxylation is 1. The summed E-state index contributed by atoms with van der Waals surface area (Å²) in [6, 6.07) is 27.4. The largest absolute Gasteiger partial charge is 0.0696 e. The monoisotopic (exact) mass is 322 g/mol. The molecule has 0 aliphatic rings. The van der Waals surface area contributed by atoms with Crippen molar-refractivity contribution in [3.05, 3.63) is 102 Å². The predicted molar refractivity (Wildman–Crippen MR) is 108 cm³/mol. The van der Waals surface area contributed by atoms with E-state index in [-0.39, 0.29) is 0 Å². The van der Waals surface area contributed by atoms with Gasteiger partial charge < -0.3 is 0 Å². The molecule has 0 nitrogen and oxygen atoms in total. The molecule has 25 heavy (non-hydrogen) atoms. The second-order valence-corrected chi connectivity index (χ2v) is 6.00. The van der Waals surface area contributed by atoms with Gasteiger partial charge in [0.1, 0.15) is 0 Å². The van der Waals surface area contributed by atoms with Crippen LogP contribution >= 0.6 is 0 Å². The van der Waals surface area contributed by atoms with Crippen LogP contribution in [0.25, 0.3) is 17.2 Å². The van der Waals surface area contributed by atoms with Gasteiger partial charge in [0.15, 0.2) is 0 Å². The molecule has 0 aromatic heterocycles. The molecule has 0 saturated heterocycles. The van der Waals surface area contributed by atoms with Crippen molar-refractivity contribution in [2.75, 3.05) is 0 Å². The van der Waals surface area contributed by atoms with Crippen molar-refractivity contribution in [2.24, 2.45) is 0 Å². The van der Waals surface area contributed by atoms with Crippen molar-refractivity contribution in [1.29, 1.82) is 0 Å². The Morgan fingerprint density at radius 2 is 1.52 bits per heavy atom. The molecular weight excluding hydrogens is 300 g/mol. The molecule has 0 aliphatic heterocycles. The molecule has 0 heteroatoms. The molecule has 0 amide bonds. The Balaban J connectivity index is 1.81. The molecule has 0 radical (unpaired) electrons. The maximum Gasteiger partial charge on any atom is 0.0248 e. The first-order valence-electron chi connectivity index (χ1n) is 8.78. The van der Waals surface area contributed by atoms with Gasteiger partial charge in [-0.1, -0.05) is 91.9 Å². The highest BCUT2D eigenvalue weighted by Gasteiger charge is 2.02. The van der Waals surface area contributed by atoms with E-state index in [1.165, 1.54) is 28.7 Å². The van der Waals surface area contributed by atoms with Crippen LogP contribution in [0.1, 0.15) is 30.0 Å². The lowest BCUT2D eigenvalue weighted by Crippen LogP contribution is -1.86. The second kappa shape index (κ2) is 8.71. The molecular formula is C25H22. The molecule has 0 heterocycles. The minimum absolute atomic E-state index is 1.03. The van der Waals surface area contributed by atoms with Crippen LogP contribution in [0.2, 0.25) is 0 Å². The van der Waals surface area contributed by atoms with Gasteiger partial charge in [0.25, 0.3) is 0 Å². The van der Waals surface area contributed by atoms with Gasteiger partial charge in [-0.2, -0.15) is 0 Å². The van der Waals surface area contributed by atoms with Gasteiger partial charge >= 0.3 is 0 Å². The van der Waals surface area contributed by atoms with Gasteiger partial charge in [-0.25, -0.2) is 0 Å². The highest BCUT2D eigenvalue weighted by atomic mass is 14.1. The van der Waals surface area contributed by atoms with E-state index in [4.69, 9.17) is 0 Å². The smallest absolute Gasteiger partial charge is 0.0248 e. The van der Waals surface area contributed by atoms with Crippen LogP contribution in [0.5, 0.6) is 0 Å². The van der Waals surface area contributed by atoms with Crippen LogP contribution in [0, 0.1) is 11.8 Å². The van der Waals surface area contributed by atoms with Crippen LogP contribution in [-0.4, -0.2) is 0 Å². The van der Waals surface area contributed by atoms with Crippen molar-refractivity contribution >= 4 is 6.08 Å². The first kappa shape index (κ1) is 16.8. The summed E-state index contributed by atoms with van der Waals surface area (Å²) in [6.07, 6.45) is 6.33. The summed E-state index contributed by atoms with van der Waals surface area (Å²) >= 11 is 0. The number of hydrogen-bond donors (Lipinski definition) is 0. The fraction of sp³-hybridized carbons (Fsp3) is 0.120. The second-order valence-electron chi connectivity index (χ2n) is 6.00. The molecule has 122 valence electrons. The van der Waals surface area contributed by atoms with Crippen molar-refractivity contribution in [3.63, 3.8) is 0 Å². The normalized spacial score (nSPS) is 10.4. The molecule has 0 atom stereocenters. The average molecular weight is 322 g/mol. The zero-order chi connectivity index (χ0) is 17.3. The van der Waals surface area contributed by atoms with Gasteiger partial charge in [-0.3, -0.25) is 0 Å². The molecule has 0 aliphatic carbocycles. The van der Waals surface area contributed by atoms with E-state index in [0.29, 0.717) is 0 Å². The van der Waals surface area contributed by atoms with Crippen molar-refractivity contribution < 1.29 is 0 Å². The molecule has 3 aromatic rings. The average Bonchev–Trinajstić information content (AvgIpc) is 2.67. The van der Waals surface area contributed by atoms with Crippen LogP contribution in [-0.2, 0) is 6.42 Å². The summed E-state index contributed by atoms with van der Waals surface area (Å²) in [5.41, 5.74) is 6.10. The molecule has 0 unspecified atom stereocenters. The summed E-state index contributed by atoms with van der Waals surface area (Å²) in [5, 5.41) is 0. The van der Waals surface area contributed by atoms with E-state index in [9.17, 15) is 0 Å². The highest BCUT2D eigenvalue weighted by Crippen LogP contribution is 2.25. The van der Waals surface area contributed by atoms with Crippen LogP contribution in [0.15, 0.2) is 84.9 Å². The lowest BCUT2D eigenvalue weighted by Gasteiger charge is -2.07. The van der Waals surface area contributed by atoms with Crippen molar-refractivity contribution in [1.82, 2.24) is 0 Å². The van der Waals surface area contributed by atoms with Gasteiger partial charge in [0, 0.05) is 5.56 Å². The van der Waals surface area contributed by atoms with Crippen LogP contribution in [0.3, 0.4) is 0 Å². The molecule has 0 fully saturated rings. The molecule has 3 rings (SSSR count). The maximum atomic E-state index is 3.16.